The number of carbonyl (C=O) groups is 1. The fraction of sp³-hybridized carbons (Fsp3) is 0.385. The zero-order valence-electron chi connectivity index (χ0n) is 9.40. The monoisotopic (exact) mass is 232 g/mol. The van der Waals surface area contributed by atoms with E-state index in [1.165, 1.54) is 17.0 Å². The van der Waals surface area contributed by atoms with Crippen LogP contribution < -0.4 is 0 Å². The molecule has 0 N–H and O–H groups in total. The summed E-state index contributed by atoms with van der Waals surface area (Å²) in [4.78, 5) is 13.6. The van der Waals surface area contributed by atoms with Crippen LogP contribution in [0.25, 0.3) is 0 Å². The Balaban J connectivity index is 2.25. The van der Waals surface area contributed by atoms with Gasteiger partial charge in [-0.2, -0.15) is 5.26 Å². The number of nitrogens with zero attached hydrogens (tertiary/aromatic N) is 2. The van der Waals surface area contributed by atoms with Crippen molar-refractivity contribution in [3.63, 3.8) is 0 Å². The van der Waals surface area contributed by atoms with Crippen LogP contribution in [0, 0.1) is 17.1 Å². The molecule has 0 spiro atoms. The zero-order chi connectivity index (χ0) is 12.3. The number of amides is 1. The van der Waals surface area contributed by atoms with Crippen LogP contribution in [0.15, 0.2) is 24.3 Å². The minimum Gasteiger partial charge on any atom is -0.323 e. The van der Waals surface area contributed by atoms with Crippen molar-refractivity contribution >= 4 is 5.91 Å². The molecule has 1 fully saturated rings. The molecule has 1 aliphatic heterocycles. The normalized spacial score (nSPS) is 19.8. The number of benzene rings is 1. The smallest absolute Gasteiger partial charge is 0.257 e. The highest BCUT2D eigenvalue weighted by Gasteiger charge is 2.28. The fourth-order valence-corrected chi connectivity index (χ4v) is 2.10. The van der Waals surface area contributed by atoms with Gasteiger partial charge in [-0.05, 0) is 31.4 Å². The number of carbonyl (C=O) groups excluding carboxylic acids is 1. The Morgan fingerprint density at radius 2 is 2.18 bits per heavy atom. The van der Waals surface area contributed by atoms with Crippen LogP contribution in [0.3, 0.4) is 0 Å². The Morgan fingerprint density at radius 3 is 2.88 bits per heavy atom. The predicted molar refractivity (Wildman–Crippen MR) is 60.7 cm³/mol. The molecule has 1 saturated heterocycles. The van der Waals surface area contributed by atoms with Crippen LogP contribution in [-0.4, -0.2) is 23.4 Å². The standard InChI is InChI=1S/C13H13FN2O/c14-12-7-2-1-6-11(12)13(17)16-8-4-3-5-10(16)9-15/h1-2,6-7,10H,3-5,8H2. The maximum absolute atomic E-state index is 13.5. The second kappa shape index (κ2) is 4.96. The maximum atomic E-state index is 13.5. The van der Waals surface area contributed by atoms with Crippen molar-refractivity contribution < 1.29 is 9.18 Å². The van der Waals surface area contributed by atoms with E-state index in [-0.39, 0.29) is 11.5 Å². The molecule has 0 aliphatic carbocycles. The molecule has 1 aromatic carbocycles. The van der Waals surface area contributed by atoms with E-state index in [0.29, 0.717) is 13.0 Å². The van der Waals surface area contributed by atoms with Gasteiger partial charge < -0.3 is 4.90 Å². The van der Waals surface area contributed by atoms with Gasteiger partial charge in [0.15, 0.2) is 0 Å². The molecule has 17 heavy (non-hydrogen) atoms. The first-order chi connectivity index (χ1) is 8.24. The minimum atomic E-state index is -0.528. The van der Waals surface area contributed by atoms with Crippen LogP contribution in [0.5, 0.6) is 0 Å². The van der Waals surface area contributed by atoms with Crippen molar-refractivity contribution in [2.24, 2.45) is 0 Å². The highest BCUT2D eigenvalue weighted by atomic mass is 19.1. The quantitative estimate of drug-likeness (QED) is 0.746. The van der Waals surface area contributed by atoms with Crippen molar-refractivity contribution in [3.05, 3.63) is 35.6 Å². The molecule has 2 rings (SSSR count). The first-order valence-corrected chi connectivity index (χ1v) is 5.69. The summed E-state index contributed by atoms with van der Waals surface area (Å²) < 4.78 is 13.5. The lowest BCUT2D eigenvalue weighted by Crippen LogP contribution is -2.43. The van der Waals surface area contributed by atoms with Gasteiger partial charge in [-0.3, -0.25) is 4.79 Å². The SMILES string of the molecule is N#CC1CCCCN1C(=O)c1ccccc1F. The van der Waals surface area contributed by atoms with Gasteiger partial charge in [0.1, 0.15) is 11.9 Å². The summed E-state index contributed by atoms with van der Waals surface area (Å²) in [5, 5.41) is 8.99. The Labute approximate surface area is 99.5 Å². The average Bonchev–Trinajstić information content (AvgIpc) is 2.38. The van der Waals surface area contributed by atoms with Crippen LogP contribution in [0.1, 0.15) is 29.6 Å². The second-order valence-corrected chi connectivity index (χ2v) is 4.12. The van der Waals surface area contributed by atoms with Crippen molar-refractivity contribution in [2.45, 2.75) is 25.3 Å². The molecule has 0 radical (unpaired) electrons. The summed E-state index contributed by atoms with van der Waals surface area (Å²) in [6.45, 7) is 0.533. The number of likely N-dealkylation sites (tertiary alicyclic amines) is 1. The van der Waals surface area contributed by atoms with Gasteiger partial charge >= 0.3 is 0 Å². The Morgan fingerprint density at radius 1 is 1.41 bits per heavy atom. The molecule has 0 saturated carbocycles. The van der Waals surface area contributed by atoms with E-state index in [2.05, 4.69) is 6.07 Å². The van der Waals surface area contributed by atoms with Crippen molar-refractivity contribution in [1.29, 1.82) is 5.26 Å². The van der Waals surface area contributed by atoms with Crippen LogP contribution in [-0.2, 0) is 0 Å². The maximum Gasteiger partial charge on any atom is 0.257 e. The van der Waals surface area contributed by atoms with Gasteiger partial charge in [0.25, 0.3) is 5.91 Å². The Hall–Kier alpha value is -1.89. The summed E-state index contributed by atoms with van der Waals surface area (Å²) in [5.41, 5.74) is 0.0506. The van der Waals surface area contributed by atoms with E-state index in [0.717, 1.165) is 12.8 Å². The number of halogens is 1. The van der Waals surface area contributed by atoms with Crippen molar-refractivity contribution in [2.75, 3.05) is 6.54 Å². The topological polar surface area (TPSA) is 44.1 Å². The lowest BCUT2D eigenvalue weighted by molar-refractivity contribution is 0.0666. The molecule has 1 heterocycles. The number of rotatable bonds is 1. The summed E-state index contributed by atoms with van der Waals surface area (Å²) in [5.74, 6) is -0.908. The van der Waals surface area contributed by atoms with Crippen molar-refractivity contribution in [3.8, 4) is 6.07 Å². The highest BCUT2D eigenvalue weighted by Crippen LogP contribution is 2.20. The van der Waals surface area contributed by atoms with Crippen LogP contribution in [0.4, 0.5) is 4.39 Å². The van der Waals surface area contributed by atoms with Gasteiger partial charge in [-0.15, -0.1) is 0 Å². The molecular weight excluding hydrogens is 219 g/mol. The van der Waals surface area contributed by atoms with Gasteiger partial charge in [0.05, 0.1) is 11.6 Å². The first kappa shape index (κ1) is 11.6. The third kappa shape index (κ3) is 2.28. The molecular formula is C13H13FN2O. The van der Waals surface area contributed by atoms with Gasteiger partial charge in [-0.25, -0.2) is 4.39 Å². The van der Waals surface area contributed by atoms with Crippen molar-refractivity contribution in [1.82, 2.24) is 4.90 Å². The Bertz CT molecular complexity index is 467. The average molecular weight is 232 g/mol. The summed E-state index contributed by atoms with van der Waals surface area (Å²) in [6.07, 6.45) is 2.49. The van der Waals surface area contributed by atoms with E-state index < -0.39 is 11.9 Å². The molecule has 0 aromatic heterocycles. The number of piperidine rings is 1. The summed E-state index contributed by atoms with van der Waals surface area (Å²) in [7, 11) is 0. The number of nitriles is 1. The predicted octanol–water partition coefficient (Wildman–Crippen LogP) is 2.34. The second-order valence-electron chi connectivity index (χ2n) is 4.12. The molecule has 1 amide bonds. The van der Waals surface area contributed by atoms with Gasteiger partial charge in [0, 0.05) is 6.54 Å². The molecule has 0 bridgehead atoms. The summed E-state index contributed by atoms with van der Waals surface area (Å²) in [6, 6.07) is 7.58. The van der Waals surface area contributed by atoms with E-state index in [4.69, 9.17) is 5.26 Å². The molecule has 1 aromatic rings. The number of hydrogen-bond acceptors (Lipinski definition) is 2. The zero-order valence-corrected chi connectivity index (χ0v) is 9.40. The van der Waals surface area contributed by atoms with Gasteiger partial charge in [0.2, 0.25) is 0 Å². The van der Waals surface area contributed by atoms with Crippen LogP contribution in [0.2, 0.25) is 0 Å². The molecule has 1 aliphatic rings. The van der Waals surface area contributed by atoms with E-state index in [9.17, 15) is 9.18 Å². The first-order valence-electron chi connectivity index (χ1n) is 5.69. The lowest BCUT2D eigenvalue weighted by atomic mass is 10.0. The van der Waals surface area contributed by atoms with E-state index in [1.54, 1.807) is 12.1 Å². The highest BCUT2D eigenvalue weighted by molar-refractivity contribution is 5.94. The summed E-state index contributed by atoms with van der Waals surface area (Å²) >= 11 is 0. The molecule has 4 heteroatoms. The molecule has 88 valence electrons. The molecule has 1 atom stereocenters. The largest absolute Gasteiger partial charge is 0.323 e. The fourth-order valence-electron chi connectivity index (χ4n) is 2.10. The molecule has 3 nitrogen and oxygen atoms in total. The third-order valence-corrected chi connectivity index (χ3v) is 3.02. The lowest BCUT2D eigenvalue weighted by Gasteiger charge is -2.31. The van der Waals surface area contributed by atoms with E-state index >= 15 is 0 Å². The van der Waals surface area contributed by atoms with Crippen LogP contribution >= 0.6 is 0 Å². The molecule has 1 unspecified atom stereocenters. The minimum absolute atomic E-state index is 0.0506. The third-order valence-electron chi connectivity index (χ3n) is 3.02. The Kier molecular flexibility index (Phi) is 3.38. The van der Waals surface area contributed by atoms with Gasteiger partial charge in [-0.1, -0.05) is 12.1 Å². The van der Waals surface area contributed by atoms with E-state index in [1.807, 2.05) is 0 Å². The number of hydrogen-bond donors (Lipinski definition) is 0.